The lowest BCUT2D eigenvalue weighted by Gasteiger charge is -2.16. The third kappa shape index (κ3) is 4.00. The molecule has 1 amide bonds. The summed E-state index contributed by atoms with van der Waals surface area (Å²) in [6.45, 7) is 3.63. The number of amides is 1. The standard InChI is InChI=1S/C25H24N4O4/c1-15-22(11-10-20-19-4-3-5-21(19)25(31)33-24(15)20)32-12-23(30)28-16(2)17-6-8-18(9-7-17)29-14-26-13-27-29/h6-11,13-14,16H,3-5,12H2,1-2H3,(H,28,30). The van der Waals surface area contributed by atoms with Gasteiger partial charge in [-0.3, -0.25) is 4.79 Å². The summed E-state index contributed by atoms with van der Waals surface area (Å²) in [7, 11) is 0. The van der Waals surface area contributed by atoms with Crippen LogP contribution < -0.4 is 15.7 Å². The third-order valence-corrected chi connectivity index (χ3v) is 6.15. The molecule has 1 aliphatic carbocycles. The number of hydrogen-bond acceptors (Lipinski definition) is 6. The maximum Gasteiger partial charge on any atom is 0.339 e. The van der Waals surface area contributed by atoms with Crippen LogP contribution in [0, 0.1) is 6.92 Å². The average Bonchev–Trinajstić information content (AvgIpc) is 3.52. The number of ether oxygens (including phenoxy) is 1. The summed E-state index contributed by atoms with van der Waals surface area (Å²) in [4.78, 5) is 28.8. The number of benzene rings is 2. The summed E-state index contributed by atoms with van der Waals surface area (Å²) in [5.74, 6) is 0.293. The zero-order valence-corrected chi connectivity index (χ0v) is 18.5. The Morgan fingerprint density at radius 3 is 2.73 bits per heavy atom. The van der Waals surface area contributed by atoms with Crippen LogP contribution in [0.5, 0.6) is 5.75 Å². The van der Waals surface area contributed by atoms with Gasteiger partial charge in [0.15, 0.2) is 6.61 Å². The molecule has 2 aromatic heterocycles. The smallest absolute Gasteiger partial charge is 0.339 e. The molecule has 168 valence electrons. The monoisotopic (exact) mass is 444 g/mol. The van der Waals surface area contributed by atoms with Gasteiger partial charge in [0.25, 0.3) is 5.91 Å². The summed E-state index contributed by atoms with van der Waals surface area (Å²) < 4.78 is 13.0. The first-order valence-corrected chi connectivity index (χ1v) is 11.0. The predicted octanol–water partition coefficient (Wildman–Crippen LogP) is 3.43. The molecule has 8 heteroatoms. The topological polar surface area (TPSA) is 99.2 Å². The molecule has 0 radical (unpaired) electrons. The molecule has 0 saturated heterocycles. The van der Waals surface area contributed by atoms with Crippen molar-refractivity contribution in [2.24, 2.45) is 0 Å². The van der Waals surface area contributed by atoms with Gasteiger partial charge in [0.2, 0.25) is 0 Å². The van der Waals surface area contributed by atoms with E-state index in [0.717, 1.165) is 52.6 Å². The summed E-state index contributed by atoms with van der Waals surface area (Å²) in [5.41, 5.74) is 4.72. The zero-order valence-electron chi connectivity index (χ0n) is 18.5. The molecule has 2 heterocycles. The molecular formula is C25H24N4O4. The Kier molecular flexibility index (Phi) is 5.42. The van der Waals surface area contributed by atoms with Crippen LogP contribution in [0.25, 0.3) is 16.7 Å². The first-order chi connectivity index (χ1) is 16.0. The molecule has 0 fully saturated rings. The van der Waals surface area contributed by atoms with Crippen molar-refractivity contribution in [2.45, 2.75) is 39.2 Å². The van der Waals surface area contributed by atoms with E-state index in [1.807, 2.05) is 50.2 Å². The SMILES string of the molecule is Cc1c(OCC(=O)NC(C)c2ccc(-n3cncn3)cc2)ccc2c3c(c(=O)oc12)CCC3. The number of carbonyl (C=O) groups is 1. The van der Waals surface area contributed by atoms with Crippen LogP contribution in [0.4, 0.5) is 0 Å². The Hall–Kier alpha value is -3.94. The highest BCUT2D eigenvalue weighted by atomic mass is 16.5. The molecular weight excluding hydrogens is 420 g/mol. The van der Waals surface area contributed by atoms with Crippen LogP contribution in [-0.2, 0) is 17.6 Å². The van der Waals surface area contributed by atoms with Gasteiger partial charge in [-0.15, -0.1) is 0 Å². The van der Waals surface area contributed by atoms with Crippen molar-refractivity contribution in [3.63, 3.8) is 0 Å². The van der Waals surface area contributed by atoms with E-state index in [9.17, 15) is 9.59 Å². The molecule has 0 saturated carbocycles. The van der Waals surface area contributed by atoms with E-state index in [0.29, 0.717) is 11.3 Å². The summed E-state index contributed by atoms with van der Waals surface area (Å²) in [6.07, 6.45) is 5.74. The van der Waals surface area contributed by atoms with Gasteiger partial charge >= 0.3 is 5.63 Å². The number of carbonyl (C=O) groups excluding carboxylic acids is 1. The molecule has 1 N–H and O–H groups in total. The number of aryl methyl sites for hydroxylation is 2. The number of aromatic nitrogens is 3. The van der Waals surface area contributed by atoms with Crippen LogP contribution in [-0.4, -0.2) is 27.3 Å². The summed E-state index contributed by atoms with van der Waals surface area (Å²) >= 11 is 0. The van der Waals surface area contributed by atoms with Gasteiger partial charge in [0, 0.05) is 16.5 Å². The van der Waals surface area contributed by atoms with E-state index in [4.69, 9.17) is 9.15 Å². The van der Waals surface area contributed by atoms with E-state index >= 15 is 0 Å². The molecule has 1 aliphatic rings. The van der Waals surface area contributed by atoms with Gasteiger partial charge < -0.3 is 14.5 Å². The van der Waals surface area contributed by atoms with Crippen molar-refractivity contribution in [1.82, 2.24) is 20.1 Å². The fourth-order valence-electron chi connectivity index (χ4n) is 4.39. The lowest BCUT2D eigenvalue weighted by Crippen LogP contribution is -2.31. The second-order valence-electron chi connectivity index (χ2n) is 8.28. The van der Waals surface area contributed by atoms with Crippen LogP contribution in [0.2, 0.25) is 0 Å². The van der Waals surface area contributed by atoms with Crippen molar-refractivity contribution in [2.75, 3.05) is 6.61 Å². The molecule has 0 aliphatic heterocycles. The molecule has 1 atom stereocenters. The minimum atomic E-state index is -0.267. The second kappa shape index (κ2) is 8.54. The fourth-order valence-corrected chi connectivity index (χ4v) is 4.39. The van der Waals surface area contributed by atoms with Gasteiger partial charge in [-0.2, -0.15) is 5.10 Å². The Bertz CT molecular complexity index is 1370. The molecule has 4 aromatic rings. The summed E-state index contributed by atoms with van der Waals surface area (Å²) in [6, 6.07) is 11.3. The molecule has 5 rings (SSSR count). The largest absolute Gasteiger partial charge is 0.483 e. The number of fused-ring (bicyclic) bond motifs is 3. The lowest BCUT2D eigenvalue weighted by molar-refractivity contribution is -0.123. The maximum atomic E-state index is 12.5. The number of nitrogens with one attached hydrogen (secondary N) is 1. The molecule has 0 spiro atoms. The Balaban J connectivity index is 1.25. The number of rotatable bonds is 6. The molecule has 1 unspecified atom stereocenters. The van der Waals surface area contributed by atoms with Crippen molar-refractivity contribution in [1.29, 1.82) is 0 Å². The second-order valence-corrected chi connectivity index (χ2v) is 8.28. The van der Waals surface area contributed by atoms with Gasteiger partial charge in [0.05, 0.1) is 11.7 Å². The van der Waals surface area contributed by atoms with Crippen LogP contribution >= 0.6 is 0 Å². The van der Waals surface area contributed by atoms with E-state index in [2.05, 4.69) is 15.4 Å². The molecule has 0 bridgehead atoms. The first kappa shape index (κ1) is 20.9. The molecule has 33 heavy (non-hydrogen) atoms. The van der Waals surface area contributed by atoms with Crippen LogP contribution in [0.3, 0.4) is 0 Å². The van der Waals surface area contributed by atoms with Gasteiger partial charge in [0.1, 0.15) is 24.0 Å². The van der Waals surface area contributed by atoms with Crippen molar-refractivity contribution < 1.29 is 13.9 Å². The minimum Gasteiger partial charge on any atom is -0.483 e. The molecule has 2 aromatic carbocycles. The number of hydrogen-bond donors (Lipinski definition) is 1. The Labute approximate surface area is 190 Å². The lowest BCUT2D eigenvalue weighted by atomic mass is 10.0. The molecule has 8 nitrogen and oxygen atoms in total. The van der Waals surface area contributed by atoms with Gasteiger partial charge in [-0.25, -0.2) is 14.5 Å². The van der Waals surface area contributed by atoms with E-state index < -0.39 is 0 Å². The van der Waals surface area contributed by atoms with E-state index in [1.165, 1.54) is 6.33 Å². The van der Waals surface area contributed by atoms with Crippen LogP contribution in [0.1, 0.15) is 41.6 Å². The summed E-state index contributed by atoms with van der Waals surface area (Å²) in [5, 5.41) is 8.01. The van der Waals surface area contributed by atoms with Gasteiger partial charge in [-0.05, 0) is 68.5 Å². The predicted molar refractivity (Wildman–Crippen MR) is 123 cm³/mol. The average molecular weight is 444 g/mol. The first-order valence-electron chi connectivity index (χ1n) is 11.0. The van der Waals surface area contributed by atoms with E-state index in [-0.39, 0.29) is 24.2 Å². The fraction of sp³-hybridized carbons (Fsp3) is 0.280. The van der Waals surface area contributed by atoms with Crippen LogP contribution in [0.15, 0.2) is 58.3 Å². The third-order valence-electron chi connectivity index (χ3n) is 6.15. The van der Waals surface area contributed by atoms with Crippen molar-refractivity contribution in [3.8, 4) is 11.4 Å². The maximum absolute atomic E-state index is 12.5. The normalized spacial score (nSPS) is 13.6. The Morgan fingerprint density at radius 1 is 1.18 bits per heavy atom. The zero-order chi connectivity index (χ0) is 22.9. The highest BCUT2D eigenvalue weighted by molar-refractivity contribution is 5.86. The van der Waals surface area contributed by atoms with E-state index in [1.54, 1.807) is 11.0 Å². The number of nitrogens with zero attached hydrogens (tertiary/aromatic N) is 3. The van der Waals surface area contributed by atoms with Crippen molar-refractivity contribution >= 4 is 16.9 Å². The minimum absolute atomic E-state index is 0.136. The highest BCUT2D eigenvalue weighted by Crippen LogP contribution is 2.33. The Morgan fingerprint density at radius 2 is 1.97 bits per heavy atom. The quantitative estimate of drug-likeness (QED) is 0.458. The van der Waals surface area contributed by atoms with Gasteiger partial charge in [-0.1, -0.05) is 12.1 Å². The highest BCUT2D eigenvalue weighted by Gasteiger charge is 2.21. The van der Waals surface area contributed by atoms with Crippen molar-refractivity contribution in [3.05, 3.63) is 81.7 Å².